The number of hydrogen-bond acceptors (Lipinski definition) is 0. The molecule has 3 aliphatic rings. The SMILES string of the molecule is Clc1cccc(-c2ccc3c(c2)C2(CC4CCC2C4)c2ccccc2-3)c1. The van der Waals surface area contributed by atoms with E-state index in [9.17, 15) is 0 Å². The lowest BCUT2D eigenvalue weighted by Crippen LogP contribution is -2.31. The third-order valence-electron chi connectivity index (χ3n) is 7.20. The van der Waals surface area contributed by atoms with Crippen LogP contribution in [0.4, 0.5) is 0 Å². The third kappa shape index (κ3) is 1.86. The maximum Gasteiger partial charge on any atom is 0.0412 e. The van der Waals surface area contributed by atoms with Crippen LogP contribution in [0.15, 0.2) is 66.7 Å². The summed E-state index contributed by atoms with van der Waals surface area (Å²) in [5, 5.41) is 0.806. The van der Waals surface area contributed by atoms with Gasteiger partial charge in [-0.1, -0.05) is 66.6 Å². The van der Waals surface area contributed by atoms with Crippen molar-refractivity contribution in [3.63, 3.8) is 0 Å². The predicted molar refractivity (Wildman–Crippen MR) is 109 cm³/mol. The molecule has 0 aromatic heterocycles. The average Bonchev–Trinajstić information content (AvgIpc) is 3.36. The lowest BCUT2D eigenvalue weighted by Gasteiger charge is -2.36. The fourth-order valence-corrected chi connectivity index (χ4v) is 6.43. The van der Waals surface area contributed by atoms with Crippen LogP contribution in [0, 0.1) is 11.8 Å². The highest BCUT2D eigenvalue weighted by molar-refractivity contribution is 6.30. The fourth-order valence-electron chi connectivity index (χ4n) is 6.24. The van der Waals surface area contributed by atoms with Crippen molar-refractivity contribution in [2.75, 3.05) is 0 Å². The van der Waals surface area contributed by atoms with Crippen molar-refractivity contribution < 1.29 is 0 Å². The van der Waals surface area contributed by atoms with E-state index in [0.717, 1.165) is 16.9 Å². The van der Waals surface area contributed by atoms with Crippen molar-refractivity contribution in [3.05, 3.63) is 82.9 Å². The first-order chi connectivity index (χ1) is 12.8. The maximum absolute atomic E-state index is 6.26. The van der Waals surface area contributed by atoms with Crippen LogP contribution in [0.25, 0.3) is 22.3 Å². The molecule has 0 nitrogen and oxygen atoms in total. The summed E-state index contributed by atoms with van der Waals surface area (Å²) in [6.07, 6.45) is 5.56. The summed E-state index contributed by atoms with van der Waals surface area (Å²) in [7, 11) is 0. The fraction of sp³-hybridized carbons (Fsp3) is 0.280. The minimum Gasteiger partial charge on any atom is -0.0843 e. The van der Waals surface area contributed by atoms with Crippen molar-refractivity contribution >= 4 is 11.6 Å². The Morgan fingerprint density at radius 1 is 0.769 bits per heavy atom. The van der Waals surface area contributed by atoms with E-state index >= 15 is 0 Å². The molecule has 2 saturated carbocycles. The van der Waals surface area contributed by atoms with Gasteiger partial charge in [-0.15, -0.1) is 0 Å². The first kappa shape index (κ1) is 15.1. The molecule has 3 unspecified atom stereocenters. The standard InChI is InChI=1S/C25H21Cl/c26-20-5-3-4-17(13-20)18-9-11-22-21-6-1-2-7-23(21)25(24(22)14-18)15-16-8-10-19(25)12-16/h1-7,9,11,13-14,16,19H,8,10,12,15H2. The van der Waals surface area contributed by atoms with Crippen LogP contribution in [-0.4, -0.2) is 0 Å². The molecule has 2 fully saturated rings. The molecule has 3 aliphatic carbocycles. The molecule has 6 rings (SSSR count). The smallest absolute Gasteiger partial charge is 0.0412 e. The van der Waals surface area contributed by atoms with Crippen molar-refractivity contribution in [3.8, 4) is 22.3 Å². The van der Waals surface area contributed by atoms with E-state index < -0.39 is 0 Å². The van der Waals surface area contributed by atoms with Gasteiger partial charge in [0.05, 0.1) is 0 Å². The zero-order chi connectivity index (χ0) is 17.3. The molecule has 0 amide bonds. The van der Waals surface area contributed by atoms with Gasteiger partial charge in [-0.05, 0) is 82.7 Å². The summed E-state index contributed by atoms with van der Waals surface area (Å²) >= 11 is 6.26. The first-order valence-electron chi connectivity index (χ1n) is 9.76. The lowest BCUT2D eigenvalue weighted by molar-refractivity contribution is 0.327. The van der Waals surface area contributed by atoms with E-state index in [1.54, 1.807) is 11.1 Å². The second kappa shape index (κ2) is 5.24. The zero-order valence-corrected chi connectivity index (χ0v) is 15.5. The second-order valence-electron chi connectivity index (χ2n) is 8.37. The van der Waals surface area contributed by atoms with Gasteiger partial charge < -0.3 is 0 Å². The van der Waals surface area contributed by atoms with Crippen LogP contribution in [0.3, 0.4) is 0 Å². The minimum atomic E-state index is 0.253. The van der Waals surface area contributed by atoms with Crippen LogP contribution >= 0.6 is 11.6 Å². The highest BCUT2D eigenvalue weighted by Gasteiger charge is 2.56. The molecule has 0 radical (unpaired) electrons. The third-order valence-corrected chi connectivity index (χ3v) is 7.44. The van der Waals surface area contributed by atoms with Crippen LogP contribution in [0.5, 0.6) is 0 Å². The van der Waals surface area contributed by atoms with E-state index in [1.165, 1.54) is 47.9 Å². The van der Waals surface area contributed by atoms with Gasteiger partial charge >= 0.3 is 0 Å². The Morgan fingerprint density at radius 2 is 1.62 bits per heavy atom. The normalized spacial score (nSPS) is 27.7. The summed E-state index contributed by atoms with van der Waals surface area (Å²) in [6.45, 7) is 0. The molecule has 1 spiro atoms. The molecular formula is C25H21Cl. The molecule has 3 aromatic carbocycles. The number of hydrogen-bond donors (Lipinski definition) is 0. The highest BCUT2D eigenvalue weighted by atomic mass is 35.5. The minimum absolute atomic E-state index is 0.253. The van der Waals surface area contributed by atoms with Crippen molar-refractivity contribution in [1.82, 2.24) is 0 Å². The predicted octanol–water partition coefficient (Wildman–Crippen LogP) is 7.09. The molecule has 128 valence electrons. The number of benzene rings is 3. The van der Waals surface area contributed by atoms with Gasteiger partial charge in [0.25, 0.3) is 0 Å². The Hall–Kier alpha value is -2.05. The molecule has 3 aromatic rings. The summed E-state index contributed by atoms with van der Waals surface area (Å²) in [6, 6.07) is 24.5. The monoisotopic (exact) mass is 356 g/mol. The number of rotatable bonds is 1. The van der Waals surface area contributed by atoms with Gasteiger partial charge in [0, 0.05) is 10.4 Å². The maximum atomic E-state index is 6.26. The molecule has 26 heavy (non-hydrogen) atoms. The van der Waals surface area contributed by atoms with Gasteiger partial charge in [-0.25, -0.2) is 0 Å². The van der Waals surface area contributed by atoms with Crippen LogP contribution in [0.1, 0.15) is 36.8 Å². The molecular weight excluding hydrogens is 336 g/mol. The highest BCUT2D eigenvalue weighted by Crippen LogP contribution is 2.65. The number of fused-ring (bicyclic) bond motifs is 8. The molecule has 0 heterocycles. The second-order valence-corrected chi connectivity index (χ2v) is 8.80. The first-order valence-corrected chi connectivity index (χ1v) is 10.1. The molecule has 0 N–H and O–H groups in total. The molecule has 1 heteroatoms. The lowest BCUT2D eigenvalue weighted by atomic mass is 9.66. The summed E-state index contributed by atoms with van der Waals surface area (Å²) < 4.78 is 0. The molecule has 0 saturated heterocycles. The Balaban J connectivity index is 1.60. The van der Waals surface area contributed by atoms with Gasteiger partial charge in [0.2, 0.25) is 0 Å². The topological polar surface area (TPSA) is 0 Å². The van der Waals surface area contributed by atoms with E-state index in [2.05, 4.69) is 54.6 Å². The van der Waals surface area contributed by atoms with E-state index in [4.69, 9.17) is 11.6 Å². The summed E-state index contributed by atoms with van der Waals surface area (Å²) in [5.74, 6) is 1.72. The zero-order valence-electron chi connectivity index (χ0n) is 14.7. The quantitative estimate of drug-likeness (QED) is 0.436. The largest absolute Gasteiger partial charge is 0.0843 e. The van der Waals surface area contributed by atoms with Crippen LogP contribution < -0.4 is 0 Å². The van der Waals surface area contributed by atoms with Gasteiger partial charge in [0.1, 0.15) is 0 Å². The van der Waals surface area contributed by atoms with Gasteiger partial charge in [-0.3, -0.25) is 0 Å². The Morgan fingerprint density at radius 3 is 2.42 bits per heavy atom. The van der Waals surface area contributed by atoms with Crippen molar-refractivity contribution in [2.24, 2.45) is 11.8 Å². The number of halogens is 1. The molecule has 0 aliphatic heterocycles. The van der Waals surface area contributed by atoms with Gasteiger partial charge in [0.15, 0.2) is 0 Å². The molecule has 2 bridgehead atoms. The van der Waals surface area contributed by atoms with Crippen molar-refractivity contribution in [1.29, 1.82) is 0 Å². The summed E-state index contributed by atoms with van der Waals surface area (Å²) in [5.41, 5.74) is 8.85. The van der Waals surface area contributed by atoms with Crippen LogP contribution in [0.2, 0.25) is 5.02 Å². The van der Waals surface area contributed by atoms with Crippen molar-refractivity contribution in [2.45, 2.75) is 31.1 Å². The molecule has 3 atom stereocenters. The Bertz CT molecular complexity index is 1030. The average molecular weight is 357 g/mol. The van der Waals surface area contributed by atoms with E-state index in [0.29, 0.717) is 0 Å². The van der Waals surface area contributed by atoms with Crippen LogP contribution in [-0.2, 0) is 5.41 Å². The van der Waals surface area contributed by atoms with E-state index in [-0.39, 0.29) is 5.41 Å². The van der Waals surface area contributed by atoms with Gasteiger partial charge in [-0.2, -0.15) is 0 Å². The Kier molecular flexibility index (Phi) is 3.03. The Labute approximate surface area is 159 Å². The summed E-state index contributed by atoms with van der Waals surface area (Å²) in [4.78, 5) is 0. The van der Waals surface area contributed by atoms with E-state index in [1.807, 2.05) is 12.1 Å².